The van der Waals surface area contributed by atoms with Gasteiger partial charge in [-0.15, -0.1) is 0 Å². The zero-order valence-electron chi connectivity index (χ0n) is 13.0. The van der Waals surface area contributed by atoms with Gasteiger partial charge in [-0.05, 0) is 36.6 Å². The van der Waals surface area contributed by atoms with E-state index in [9.17, 15) is 9.90 Å². The first-order valence-electron chi connectivity index (χ1n) is 7.63. The Morgan fingerprint density at radius 2 is 2.09 bits per heavy atom. The maximum Gasteiger partial charge on any atom is 0.221 e. The predicted octanol–water partition coefficient (Wildman–Crippen LogP) is 2.65. The van der Waals surface area contributed by atoms with Gasteiger partial charge >= 0.3 is 0 Å². The fourth-order valence-electron chi connectivity index (χ4n) is 2.59. The fourth-order valence-corrected chi connectivity index (χ4v) is 2.59. The number of para-hydroxylation sites is 1. The minimum absolute atomic E-state index is 0.102. The van der Waals surface area contributed by atoms with E-state index in [1.165, 1.54) is 6.26 Å². The molecule has 2 N–H and O–H groups in total. The van der Waals surface area contributed by atoms with Crippen LogP contribution in [0.4, 0.5) is 0 Å². The number of amides is 1. The molecule has 0 spiro atoms. The van der Waals surface area contributed by atoms with Crippen molar-refractivity contribution in [3.05, 3.63) is 60.7 Å². The third-order valence-electron chi connectivity index (χ3n) is 3.94. The smallest absolute Gasteiger partial charge is 0.221 e. The van der Waals surface area contributed by atoms with E-state index in [1.54, 1.807) is 19.1 Å². The quantitative estimate of drug-likeness (QED) is 0.735. The number of carbonyl (C=O) groups is 1. The molecule has 5 heteroatoms. The maximum atomic E-state index is 12.0. The SMILES string of the molecule is CC(O)(CNC(=O)CCn1ccc2ccccc21)c1ccco1. The third-order valence-corrected chi connectivity index (χ3v) is 3.94. The molecule has 0 radical (unpaired) electrons. The van der Waals surface area contributed by atoms with E-state index in [-0.39, 0.29) is 12.5 Å². The Hall–Kier alpha value is -2.53. The van der Waals surface area contributed by atoms with Crippen LogP contribution in [0.15, 0.2) is 59.3 Å². The Bertz CT molecular complexity index is 788. The van der Waals surface area contributed by atoms with Gasteiger partial charge < -0.3 is 19.4 Å². The summed E-state index contributed by atoms with van der Waals surface area (Å²) in [4.78, 5) is 12.0. The van der Waals surface area contributed by atoms with E-state index in [2.05, 4.69) is 9.88 Å². The molecule has 5 nitrogen and oxygen atoms in total. The molecule has 2 aromatic heterocycles. The van der Waals surface area contributed by atoms with Gasteiger partial charge in [0.05, 0.1) is 12.8 Å². The van der Waals surface area contributed by atoms with Crippen LogP contribution in [0.2, 0.25) is 0 Å². The van der Waals surface area contributed by atoms with E-state index >= 15 is 0 Å². The molecule has 0 aliphatic carbocycles. The number of aryl methyl sites for hydroxylation is 1. The molecular weight excluding hydrogens is 292 g/mol. The van der Waals surface area contributed by atoms with Crippen LogP contribution < -0.4 is 5.32 Å². The first-order valence-corrected chi connectivity index (χ1v) is 7.63. The monoisotopic (exact) mass is 312 g/mol. The van der Waals surface area contributed by atoms with Crippen molar-refractivity contribution in [1.29, 1.82) is 0 Å². The third kappa shape index (κ3) is 3.46. The summed E-state index contributed by atoms with van der Waals surface area (Å²) in [5.41, 5.74) is -0.0952. The van der Waals surface area contributed by atoms with Gasteiger partial charge in [0.1, 0.15) is 11.4 Å². The minimum atomic E-state index is -1.21. The number of nitrogens with one attached hydrogen (secondary N) is 1. The van der Waals surface area contributed by atoms with Crippen LogP contribution in [-0.2, 0) is 16.9 Å². The van der Waals surface area contributed by atoms with Crippen molar-refractivity contribution in [3.8, 4) is 0 Å². The van der Waals surface area contributed by atoms with Crippen molar-refractivity contribution >= 4 is 16.8 Å². The van der Waals surface area contributed by atoms with Gasteiger partial charge in [0.2, 0.25) is 5.91 Å². The lowest BCUT2D eigenvalue weighted by atomic mass is 10.0. The van der Waals surface area contributed by atoms with Gasteiger partial charge in [-0.25, -0.2) is 0 Å². The fraction of sp³-hybridized carbons (Fsp3) is 0.278. The topological polar surface area (TPSA) is 67.4 Å². The molecular formula is C18H20N2O3. The van der Waals surface area contributed by atoms with Crippen LogP contribution in [0.1, 0.15) is 19.1 Å². The van der Waals surface area contributed by atoms with Crippen LogP contribution in [0.25, 0.3) is 10.9 Å². The molecule has 0 fully saturated rings. The molecule has 3 aromatic rings. The molecule has 1 amide bonds. The molecule has 120 valence electrons. The number of hydrogen-bond acceptors (Lipinski definition) is 3. The lowest BCUT2D eigenvalue weighted by Gasteiger charge is -2.21. The van der Waals surface area contributed by atoms with E-state index in [1.807, 2.05) is 36.5 Å². The molecule has 2 heterocycles. The number of benzene rings is 1. The average molecular weight is 312 g/mol. The summed E-state index contributed by atoms with van der Waals surface area (Å²) < 4.78 is 7.25. The lowest BCUT2D eigenvalue weighted by Crippen LogP contribution is -2.38. The number of nitrogens with zero attached hydrogens (tertiary/aromatic N) is 1. The molecule has 0 aliphatic rings. The molecule has 1 unspecified atom stereocenters. The second kappa shape index (κ2) is 6.30. The summed E-state index contributed by atoms with van der Waals surface area (Å²) in [6.07, 6.45) is 3.84. The Morgan fingerprint density at radius 1 is 1.26 bits per heavy atom. The number of hydrogen-bond donors (Lipinski definition) is 2. The van der Waals surface area contributed by atoms with Crippen LogP contribution >= 0.6 is 0 Å². The van der Waals surface area contributed by atoms with Crippen LogP contribution in [-0.4, -0.2) is 22.1 Å². The first-order chi connectivity index (χ1) is 11.1. The highest BCUT2D eigenvalue weighted by atomic mass is 16.4. The Kier molecular flexibility index (Phi) is 4.21. The Balaban J connectivity index is 1.54. The highest BCUT2D eigenvalue weighted by Crippen LogP contribution is 2.20. The normalized spacial score (nSPS) is 13.8. The minimum Gasteiger partial charge on any atom is -0.466 e. The highest BCUT2D eigenvalue weighted by molar-refractivity contribution is 5.80. The number of rotatable bonds is 6. The van der Waals surface area contributed by atoms with Crippen molar-refractivity contribution in [1.82, 2.24) is 9.88 Å². The van der Waals surface area contributed by atoms with Crippen molar-refractivity contribution in [3.63, 3.8) is 0 Å². The molecule has 1 atom stereocenters. The van der Waals surface area contributed by atoms with Crippen molar-refractivity contribution < 1.29 is 14.3 Å². The predicted molar refractivity (Wildman–Crippen MR) is 87.8 cm³/mol. The number of aliphatic hydroxyl groups is 1. The van der Waals surface area contributed by atoms with E-state index in [4.69, 9.17) is 4.42 Å². The largest absolute Gasteiger partial charge is 0.466 e. The molecule has 0 saturated heterocycles. The number of fused-ring (bicyclic) bond motifs is 1. The molecule has 0 saturated carbocycles. The molecule has 23 heavy (non-hydrogen) atoms. The van der Waals surface area contributed by atoms with Gasteiger partial charge in [-0.2, -0.15) is 0 Å². The number of aromatic nitrogens is 1. The standard InChI is InChI=1S/C18H20N2O3/c1-18(22,16-7-4-12-23-16)13-19-17(21)9-11-20-10-8-14-5-2-3-6-15(14)20/h2-8,10,12,22H,9,11,13H2,1H3,(H,19,21). The van der Waals surface area contributed by atoms with Crippen molar-refractivity contribution in [2.45, 2.75) is 25.5 Å². The zero-order valence-corrected chi connectivity index (χ0v) is 13.0. The van der Waals surface area contributed by atoms with E-state index < -0.39 is 5.60 Å². The molecule has 0 aliphatic heterocycles. The summed E-state index contributed by atoms with van der Waals surface area (Å²) in [5, 5.41) is 14.2. The molecule has 3 rings (SSSR count). The highest BCUT2D eigenvalue weighted by Gasteiger charge is 2.26. The van der Waals surface area contributed by atoms with Gasteiger partial charge in [-0.3, -0.25) is 4.79 Å². The summed E-state index contributed by atoms with van der Waals surface area (Å²) in [5.74, 6) is 0.337. The number of furan rings is 1. The van der Waals surface area contributed by atoms with Gasteiger partial charge in [0, 0.05) is 24.7 Å². The van der Waals surface area contributed by atoms with Crippen molar-refractivity contribution in [2.24, 2.45) is 0 Å². The van der Waals surface area contributed by atoms with Crippen LogP contribution in [0.3, 0.4) is 0 Å². The van der Waals surface area contributed by atoms with Gasteiger partial charge in [-0.1, -0.05) is 18.2 Å². The molecule has 1 aromatic carbocycles. The van der Waals surface area contributed by atoms with Crippen LogP contribution in [0, 0.1) is 0 Å². The van der Waals surface area contributed by atoms with E-state index in [0.29, 0.717) is 18.7 Å². The summed E-state index contributed by atoms with van der Waals surface area (Å²) in [7, 11) is 0. The Labute approximate surface area is 134 Å². The van der Waals surface area contributed by atoms with Crippen LogP contribution in [0.5, 0.6) is 0 Å². The second-order valence-electron chi connectivity index (χ2n) is 5.85. The van der Waals surface area contributed by atoms with Gasteiger partial charge in [0.15, 0.2) is 0 Å². The van der Waals surface area contributed by atoms with Gasteiger partial charge in [0.25, 0.3) is 0 Å². The zero-order chi connectivity index (χ0) is 16.3. The average Bonchev–Trinajstić information content (AvgIpc) is 3.21. The first kappa shape index (κ1) is 15.4. The van der Waals surface area contributed by atoms with Crippen molar-refractivity contribution in [2.75, 3.05) is 6.54 Å². The molecule has 0 bridgehead atoms. The maximum absolute atomic E-state index is 12.0. The van der Waals surface area contributed by atoms with E-state index in [0.717, 1.165) is 10.9 Å². The lowest BCUT2D eigenvalue weighted by molar-refractivity contribution is -0.122. The Morgan fingerprint density at radius 3 is 2.87 bits per heavy atom. The summed E-state index contributed by atoms with van der Waals surface area (Å²) >= 11 is 0. The number of carbonyl (C=O) groups excluding carboxylic acids is 1. The summed E-state index contributed by atoms with van der Waals surface area (Å²) in [6, 6.07) is 13.5. The second-order valence-corrected chi connectivity index (χ2v) is 5.85. The summed E-state index contributed by atoms with van der Waals surface area (Å²) in [6.45, 7) is 2.33.